The minimum absolute atomic E-state index is 0.232. The van der Waals surface area contributed by atoms with Crippen LogP contribution in [0, 0.1) is 0 Å². The highest BCUT2D eigenvalue weighted by Gasteiger charge is 2.26. The molecule has 0 spiro atoms. The number of para-hydroxylation sites is 2. The molecule has 6 heteroatoms. The standard InChI is InChI=1S/C23H31NO4S/c1-3-5-10-18-16-19(11-6-4-2)23-21(17-18)24(14-9-15-27-29(25)26)20-12-7-8-13-22(20)28-23/h7-8,12-13,16-17H,3-6,9-11,14-15H2,1-2H3,(H,25,26). The quantitative estimate of drug-likeness (QED) is 0.350. The second-order valence-electron chi connectivity index (χ2n) is 7.42. The van der Waals surface area contributed by atoms with Crippen molar-refractivity contribution in [1.29, 1.82) is 0 Å². The Labute approximate surface area is 176 Å². The molecule has 0 saturated heterocycles. The summed E-state index contributed by atoms with van der Waals surface area (Å²) in [6.45, 7) is 5.35. The summed E-state index contributed by atoms with van der Waals surface area (Å²) in [6.07, 6.45) is 7.31. The molecule has 1 unspecified atom stereocenters. The Morgan fingerprint density at radius 2 is 1.79 bits per heavy atom. The van der Waals surface area contributed by atoms with Crippen molar-refractivity contribution in [3.63, 3.8) is 0 Å². The van der Waals surface area contributed by atoms with Crippen LogP contribution in [0.2, 0.25) is 0 Å². The number of aryl methyl sites for hydroxylation is 2. The van der Waals surface area contributed by atoms with Gasteiger partial charge in [0.1, 0.15) is 0 Å². The molecule has 2 aromatic rings. The number of unbranched alkanes of at least 4 members (excludes halogenated alkanes) is 2. The van der Waals surface area contributed by atoms with Gasteiger partial charge in [-0.1, -0.05) is 44.9 Å². The van der Waals surface area contributed by atoms with Crippen LogP contribution in [0.3, 0.4) is 0 Å². The zero-order valence-electron chi connectivity index (χ0n) is 17.4. The van der Waals surface area contributed by atoms with E-state index in [1.54, 1.807) is 0 Å². The summed E-state index contributed by atoms with van der Waals surface area (Å²) in [5.74, 6) is 1.80. The first-order valence-electron chi connectivity index (χ1n) is 10.6. The smallest absolute Gasteiger partial charge is 0.301 e. The van der Waals surface area contributed by atoms with Crippen LogP contribution in [0.1, 0.15) is 57.1 Å². The number of nitrogens with zero attached hydrogens (tertiary/aromatic N) is 1. The Morgan fingerprint density at radius 1 is 1.03 bits per heavy atom. The van der Waals surface area contributed by atoms with Crippen molar-refractivity contribution >= 4 is 22.7 Å². The lowest BCUT2D eigenvalue weighted by atomic mass is 9.98. The minimum Gasteiger partial charge on any atom is -0.453 e. The maximum absolute atomic E-state index is 10.8. The molecule has 158 valence electrons. The van der Waals surface area contributed by atoms with E-state index >= 15 is 0 Å². The molecule has 1 N–H and O–H groups in total. The summed E-state index contributed by atoms with van der Waals surface area (Å²) in [4.78, 5) is 2.27. The van der Waals surface area contributed by atoms with E-state index in [0.717, 1.165) is 48.6 Å². The van der Waals surface area contributed by atoms with Gasteiger partial charge >= 0.3 is 11.4 Å². The Hall–Kier alpha value is -1.89. The number of hydrogen-bond acceptors (Lipinski definition) is 4. The first-order valence-corrected chi connectivity index (χ1v) is 11.6. The van der Waals surface area contributed by atoms with Gasteiger partial charge in [-0.15, -0.1) is 0 Å². The number of benzene rings is 2. The number of fused-ring (bicyclic) bond motifs is 2. The van der Waals surface area contributed by atoms with Crippen molar-refractivity contribution in [2.45, 2.75) is 58.8 Å². The summed E-state index contributed by atoms with van der Waals surface area (Å²) in [6, 6.07) is 12.6. The fourth-order valence-corrected chi connectivity index (χ4v) is 3.99. The molecule has 3 rings (SSSR count). The molecule has 1 aliphatic rings. The fraction of sp³-hybridized carbons (Fsp3) is 0.478. The first kappa shape index (κ1) is 21.8. The number of anilines is 2. The lowest BCUT2D eigenvalue weighted by Crippen LogP contribution is -2.24. The molecule has 2 aromatic carbocycles. The van der Waals surface area contributed by atoms with E-state index in [-0.39, 0.29) is 6.61 Å². The van der Waals surface area contributed by atoms with E-state index < -0.39 is 11.4 Å². The normalized spacial score (nSPS) is 13.6. The van der Waals surface area contributed by atoms with Crippen molar-refractivity contribution in [1.82, 2.24) is 0 Å². The van der Waals surface area contributed by atoms with E-state index in [0.29, 0.717) is 13.0 Å². The molecule has 5 nitrogen and oxygen atoms in total. The van der Waals surface area contributed by atoms with Gasteiger partial charge in [-0.3, -0.25) is 8.74 Å². The zero-order chi connectivity index (χ0) is 20.6. The van der Waals surface area contributed by atoms with Crippen molar-refractivity contribution in [2.24, 2.45) is 0 Å². The van der Waals surface area contributed by atoms with Crippen LogP contribution in [0.15, 0.2) is 36.4 Å². The maximum atomic E-state index is 10.8. The SMILES string of the molecule is CCCCc1cc(CCCC)c2c(c1)N(CCCOS(=O)O)c1ccccc1O2. The van der Waals surface area contributed by atoms with E-state index in [9.17, 15) is 4.21 Å². The molecule has 0 bridgehead atoms. The molecule has 1 atom stereocenters. The van der Waals surface area contributed by atoms with Crippen LogP contribution in [0.4, 0.5) is 11.4 Å². The monoisotopic (exact) mass is 417 g/mol. The van der Waals surface area contributed by atoms with Gasteiger partial charge in [0, 0.05) is 6.54 Å². The Balaban J connectivity index is 1.96. The summed E-state index contributed by atoms with van der Waals surface area (Å²) >= 11 is -2.22. The van der Waals surface area contributed by atoms with Crippen LogP contribution in [-0.4, -0.2) is 21.9 Å². The topological polar surface area (TPSA) is 59.0 Å². The Bertz CT molecular complexity index is 840. The van der Waals surface area contributed by atoms with Crippen LogP contribution in [0.5, 0.6) is 11.5 Å². The third-order valence-corrected chi connectivity index (χ3v) is 5.56. The molecule has 29 heavy (non-hydrogen) atoms. The second-order valence-corrected chi connectivity index (χ2v) is 8.09. The number of rotatable bonds is 11. The predicted molar refractivity (Wildman–Crippen MR) is 119 cm³/mol. The summed E-state index contributed by atoms with van der Waals surface area (Å²) in [7, 11) is 0. The van der Waals surface area contributed by atoms with Gasteiger partial charge < -0.3 is 9.64 Å². The van der Waals surface area contributed by atoms with Crippen molar-refractivity contribution in [3.05, 3.63) is 47.5 Å². The molecule has 0 fully saturated rings. The lowest BCUT2D eigenvalue weighted by Gasteiger charge is -2.34. The minimum atomic E-state index is -2.22. The van der Waals surface area contributed by atoms with Gasteiger partial charge in [0.25, 0.3) is 0 Å². The van der Waals surface area contributed by atoms with Crippen molar-refractivity contribution in [3.8, 4) is 11.5 Å². The highest BCUT2D eigenvalue weighted by Crippen LogP contribution is 2.49. The van der Waals surface area contributed by atoms with Gasteiger partial charge in [-0.2, -0.15) is 4.21 Å². The molecule has 0 amide bonds. The van der Waals surface area contributed by atoms with Crippen LogP contribution >= 0.6 is 0 Å². The molecule has 0 saturated carbocycles. The second kappa shape index (κ2) is 10.8. The third kappa shape index (κ3) is 5.59. The highest BCUT2D eigenvalue weighted by molar-refractivity contribution is 7.74. The van der Waals surface area contributed by atoms with Gasteiger partial charge in [0.15, 0.2) is 11.5 Å². The highest BCUT2D eigenvalue weighted by atomic mass is 32.2. The number of ether oxygens (including phenoxy) is 1. The Morgan fingerprint density at radius 3 is 2.55 bits per heavy atom. The molecular formula is C23H31NO4S. The van der Waals surface area contributed by atoms with Crippen LogP contribution in [0.25, 0.3) is 0 Å². The summed E-state index contributed by atoms with van der Waals surface area (Å²) in [5.41, 5.74) is 4.73. The molecule has 0 aromatic heterocycles. The molecule has 1 aliphatic heterocycles. The summed E-state index contributed by atoms with van der Waals surface area (Å²) < 4.78 is 30.9. The Kier molecular flexibility index (Phi) is 8.09. The van der Waals surface area contributed by atoms with Gasteiger partial charge in [-0.05, 0) is 61.4 Å². The lowest BCUT2D eigenvalue weighted by molar-refractivity contribution is 0.303. The van der Waals surface area contributed by atoms with Crippen molar-refractivity contribution in [2.75, 3.05) is 18.1 Å². The predicted octanol–water partition coefficient (Wildman–Crippen LogP) is 6.16. The maximum Gasteiger partial charge on any atom is 0.301 e. The van der Waals surface area contributed by atoms with Gasteiger partial charge in [-0.25, -0.2) is 0 Å². The zero-order valence-corrected chi connectivity index (χ0v) is 18.2. The van der Waals surface area contributed by atoms with Crippen LogP contribution < -0.4 is 9.64 Å². The van der Waals surface area contributed by atoms with E-state index in [4.69, 9.17) is 13.5 Å². The molecular weight excluding hydrogens is 386 g/mol. The van der Waals surface area contributed by atoms with Gasteiger partial charge in [0.05, 0.1) is 18.0 Å². The summed E-state index contributed by atoms with van der Waals surface area (Å²) in [5, 5.41) is 0. The first-order chi connectivity index (χ1) is 14.1. The van der Waals surface area contributed by atoms with Crippen LogP contribution in [-0.2, 0) is 28.4 Å². The van der Waals surface area contributed by atoms with Crippen molar-refractivity contribution < 1.29 is 17.7 Å². The average molecular weight is 418 g/mol. The van der Waals surface area contributed by atoms with Gasteiger partial charge in [0.2, 0.25) is 0 Å². The number of hydrogen-bond donors (Lipinski definition) is 1. The third-order valence-electron chi connectivity index (χ3n) is 5.19. The molecule has 0 aliphatic carbocycles. The van der Waals surface area contributed by atoms with E-state index in [2.05, 4.69) is 36.9 Å². The fourth-order valence-electron chi connectivity index (χ4n) is 3.73. The van der Waals surface area contributed by atoms with E-state index in [1.165, 1.54) is 24.0 Å². The average Bonchev–Trinajstić information content (AvgIpc) is 2.72. The van der Waals surface area contributed by atoms with E-state index in [1.807, 2.05) is 18.2 Å². The molecule has 1 heterocycles. The largest absolute Gasteiger partial charge is 0.453 e. The molecule has 0 radical (unpaired) electrons.